The summed E-state index contributed by atoms with van der Waals surface area (Å²) in [6.07, 6.45) is -0.668. The minimum Gasteiger partial charge on any atom is -0.436 e. The Balaban J connectivity index is 1.76. The lowest BCUT2D eigenvalue weighted by Crippen LogP contribution is -2.32. The Morgan fingerprint density at radius 3 is 2.82 bits per heavy atom. The molecule has 2 N–H and O–H groups in total. The number of benzene rings is 1. The zero-order valence-corrected chi connectivity index (χ0v) is 9.31. The van der Waals surface area contributed by atoms with Crippen LogP contribution in [0.5, 0.6) is 0 Å². The van der Waals surface area contributed by atoms with Gasteiger partial charge in [-0.3, -0.25) is 4.79 Å². The summed E-state index contributed by atoms with van der Waals surface area (Å²) in [5.74, 6) is -0.222. The number of carbonyl (C=O) groups excluding carboxylic acids is 2. The van der Waals surface area contributed by atoms with Gasteiger partial charge in [0.1, 0.15) is 0 Å². The number of carbonyl (C=O) groups is 2. The lowest BCUT2D eigenvalue weighted by Gasteiger charge is -2.10. The molecule has 0 radical (unpaired) electrons. The highest BCUT2D eigenvalue weighted by atomic mass is 16.6. The van der Waals surface area contributed by atoms with Crippen molar-refractivity contribution < 1.29 is 14.3 Å². The fourth-order valence-corrected chi connectivity index (χ4v) is 1.62. The molecule has 5 heteroatoms. The van der Waals surface area contributed by atoms with E-state index in [0.717, 1.165) is 5.56 Å². The van der Waals surface area contributed by atoms with Gasteiger partial charge in [0.2, 0.25) is 0 Å². The molecule has 0 spiro atoms. The molecule has 17 heavy (non-hydrogen) atoms. The number of hydrogen-bond acceptors (Lipinski definition) is 3. The average molecular weight is 234 g/mol. The van der Waals surface area contributed by atoms with Crippen molar-refractivity contribution >= 4 is 12.0 Å². The van der Waals surface area contributed by atoms with Crippen LogP contribution in [0.1, 0.15) is 12.0 Å². The molecule has 90 valence electrons. The normalized spacial score (nSPS) is 18.6. The molecule has 1 atom stereocenters. The van der Waals surface area contributed by atoms with Gasteiger partial charge in [0.25, 0.3) is 5.91 Å². The third kappa shape index (κ3) is 3.21. The molecule has 0 aromatic heterocycles. The summed E-state index contributed by atoms with van der Waals surface area (Å²) in [6.45, 7) is 0.962. The van der Waals surface area contributed by atoms with Crippen LogP contribution < -0.4 is 10.6 Å². The van der Waals surface area contributed by atoms with Crippen LogP contribution in [0, 0.1) is 0 Å². The third-order valence-electron chi connectivity index (χ3n) is 2.53. The topological polar surface area (TPSA) is 67.4 Å². The predicted molar refractivity (Wildman–Crippen MR) is 61.2 cm³/mol. The fraction of sp³-hybridized carbons (Fsp3) is 0.333. The van der Waals surface area contributed by atoms with E-state index in [1.807, 2.05) is 30.3 Å². The summed E-state index contributed by atoms with van der Waals surface area (Å²) in [4.78, 5) is 22.6. The summed E-state index contributed by atoms with van der Waals surface area (Å²) < 4.78 is 4.98. The zero-order chi connectivity index (χ0) is 12.1. The molecular weight excluding hydrogens is 220 g/mol. The molecule has 0 saturated carbocycles. The van der Waals surface area contributed by atoms with Gasteiger partial charge in [-0.1, -0.05) is 30.3 Å². The average Bonchev–Trinajstić information content (AvgIpc) is 2.74. The third-order valence-corrected chi connectivity index (χ3v) is 2.53. The first kappa shape index (κ1) is 11.4. The fourth-order valence-electron chi connectivity index (χ4n) is 1.62. The molecule has 2 rings (SSSR count). The molecule has 1 aromatic rings. The maximum Gasteiger partial charge on any atom is 0.408 e. The molecule has 0 unspecified atom stereocenters. The monoisotopic (exact) mass is 234 g/mol. The Kier molecular flexibility index (Phi) is 3.59. The van der Waals surface area contributed by atoms with E-state index in [9.17, 15) is 9.59 Å². The van der Waals surface area contributed by atoms with Crippen LogP contribution in [0.25, 0.3) is 0 Å². The summed E-state index contributed by atoms with van der Waals surface area (Å²) >= 11 is 0. The van der Waals surface area contributed by atoms with Crippen molar-refractivity contribution in [1.82, 2.24) is 10.6 Å². The summed E-state index contributed by atoms with van der Waals surface area (Å²) in [5, 5.41) is 5.21. The largest absolute Gasteiger partial charge is 0.436 e. The molecule has 0 aliphatic carbocycles. The van der Waals surface area contributed by atoms with Crippen LogP contribution in [-0.2, 0) is 16.1 Å². The number of hydrogen-bond donors (Lipinski definition) is 2. The maximum atomic E-state index is 11.4. The van der Waals surface area contributed by atoms with Gasteiger partial charge in [-0.05, 0) is 5.56 Å². The molecule has 0 bridgehead atoms. The van der Waals surface area contributed by atoms with Crippen molar-refractivity contribution in [3.8, 4) is 0 Å². The van der Waals surface area contributed by atoms with Crippen molar-refractivity contribution in [2.45, 2.75) is 19.1 Å². The van der Waals surface area contributed by atoms with E-state index < -0.39 is 12.2 Å². The van der Waals surface area contributed by atoms with E-state index in [1.165, 1.54) is 0 Å². The summed E-state index contributed by atoms with van der Waals surface area (Å²) in [5.41, 5.74) is 0.986. The molecule has 1 fully saturated rings. The van der Waals surface area contributed by atoms with E-state index >= 15 is 0 Å². The van der Waals surface area contributed by atoms with Crippen molar-refractivity contribution in [3.05, 3.63) is 35.9 Å². The summed E-state index contributed by atoms with van der Waals surface area (Å²) in [6, 6.07) is 9.51. The SMILES string of the molecule is O=C(NCc1ccccc1)O[C@H]1CCNC1=O. The van der Waals surface area contributed by atoms with Crippen LogP contribution in [0.3, 0.4) is 0 Å². The second-order valence-corrected chi connectivity index (χ2v) is 3.81. The molecule has 2 amide bonds. The second kappa shape index (κ2) is 5.34. The zero-order valence-electron chi connectivity index (χ0n) is 9.31. The molecule has 1 aliphatic rings. The van der Waals surface area contributed by atoms with Gasteiger partial charge in [0.15, 0.2) is 6.10 Å². The summed E-state index contributed by atoms with van der Waals surface area (Å²) in [7, 11) is 0. The lowest BCUT2D eigenvalue weighted by molar-refractivity contribution is -0.126. The van der Waals surface area contributed by atoms with E-state index in [0.29, 0.717) is 19.5 Å². The number of nitrogens with one attached hydrogen (secondary N) is 2. The minimum atomic E-state index is -0.647. The number of rotatable bonds is 3. The lowest BCUT2D eigenvalue weighted by atomic mass is 10.2. The Morgan fingerprint density at radius 1 is 1.41 bits per heavy atom. The van der Waals surface area contributed by atoms with Gasteiger partial charge in [0.05, 0.1) is 0 Å². The van der Waals surface area contributed by atoms with Gasteiger partial charge < -0.3 is 15.4 Å². The van der Waals surface area contributed by atoms with Gasteiger partial charge in [-0.15, -0.1) is 0 Å². The number of ether oxygens (including phenoxy) is 1. The number of amides is 2. The van der Waals surface area contributed by atoms with Crippen molar-refractivity contribution in [2.24, 2.45) is 0 Å². The first-order chi connectivity index (χ1) is 8.25. The van der Waals surface area contributed by atoms with Crippen molar-refractivity contribution in [1.29, 1.82) is 0 Å². The highest BCUT2D eigenvalue weighted by Gasteiger charge is 2.27. The van der Waals surface area contributed by atoms with Crippen LogP contribution in [0.15, 0.2) is 30.3 Å². The van der Waals surface area contributed by atoms with Crippen LogP contribution >= 0.6 is 0 Å². The first-order valence-corrected chi connectivity index (χ1v) is 5.52. The molecular formula is C12H14N2O3. The van der Waals surface area contributed by atoms with Gasteiger partial charge in [0, 0.05) is 19.5 Å². The molecule has 1 aliphatic heterocycles. The van der Waals surface area contributed by atoms with Gasteiger partial charge in [-0.25, -0.2) is 4.79 Å². The van der Waals surface area contributed by atoms with Crippen LogP contribution in [0.2, 0.25) is 0 Å². The van der Waals surface area contributed by atoms with E-state index in [2.05, 4.69) is 10.6 Å². The predicted octanol–water partition coefficient (Wildman–Crippen LogP) is 0.801. The molecule has 1 saturated heterocycles. The standard InChI is InChI=1S/C12H14N2O3/c15-11-10(6-7-13-11)17-12(16)14-8-9-4-2-1-3-5-9/h1-5,10H,6-8H2,(H,13,15)(H,14,16)/t10-/m0/s1. The van der Waals surface area contributed by atoms with Crippen molar-refractivity contribution in [2.75, 3.05) is 6.54 Å². The quantitative estimate of drug-likeness (QED) is 0.813. The number of alkyl carbamates (subject to hydrolysis) is 1. The van der Waals surface area contributed by atoms with E-state index in [-0.39, 0.29) is 5.91 Å². The first-order valence-electron chi connectivity index (χ1n) is 5.52. The molecule has 1 aromatic carbocycles. The van der Waals surface area contributed by atoms with E-state index in [4.69, 9.17) is 4.74 Å². The van der Waals surface area contributed by atoms with E-state index in [1.54, 1.807) is 0 Å². The van der Waals surface area contributed by atoms with Crippen LogP contribution in [0.4, 0.5) is 4.79 Å². The second-order valence-electron chi connectivity index (χ2n) is 3.81. The highest BCUT2D eigenvalue weighted by molar-refractivity contribution is 5.85. The molecule has 5 nitrogen and oxygen atoms in total. The van der Waals surface area contributed by atoms with Gasteiger partial charge >= 0.3 is 6.09 Å². The van der Waals surface area contributed by atoms with Crippen LogP contribution in [-0.4, -0.2) is 24.6 Å². The Labute approximate surface area is 99.2 Å². The minimum absolute atomic E-state index is 0.222. The Hall–Kier alpha value is -2.04. The highest BCUT2D eigenvalue weighted by Crippen LogP contribution is 2.05. The Morgan fingerprint density at radius 2 is 2.18 bits per heavy atom. The smallest absolute Gasteiger partial charge is 0.408 e. The van der Waals surface area contributed by atoms with Gasteiger partial charge in [-0.2, -0.15) is 0 Å². The Bertz CT molecular complexity index is 405. The maximum absolute atomic E-state index is 11.4. The molecule has 1 heterocycles. The van der Waals surface area contributed by atoms with Crippen molar-refractivity contribution in [3.63, 3.8) is 0 Å².